The zero-order valence-electron chi connectivity index (χ0n) is 12.2. The molecule has 1 aromatic rings. The lowest BCUT2D eigenvalue weighted by molar-refractivity contribution is 0.132. The summed E-state index contributed by atoms with van der Waals surface area (Å²) in [7, 11) is 3.19. The van der Waals surface area contributed by atoms with Crippen LogP contribution in [0.4, 0.5) is 4.79 Å². The molecule has 110 valence electrons. The first-order valence-corrected chi connectivity index (χ1v) is 6.87. The molecule has 1 atom stereocenters. The smallest absolute Gasteiger partial charge is 0.410 e. The Labute approximate surface area is 119 Å². The van der Waals surface area contributed by atoms with Crippen LogP contribution in [0.1, 0.15) is 31.4 Å². The van der Waals surface area contributed by atoms with Crippen LogP contribution in [0, 0.1) is 0 Å². The average molecular weight is 279 g/mol. The number of hydrogen-bond acceptors (Lipinski definition) is 4. The Balaban J connectivity index is 2.11. The fourth-order valence-corrected chi connectivity index (χ4v) is 2.27. The predicted octanol–water partition coefficient (Wildman–Crippen LogP) is 3.00. The number of ether oxygens (including phenoxy) is 3. The highest BCUT2D eigenvalue weighted by atomic mass is 16.6. The van der Waals surface area contributed by atoms with Crippen molar-refractivity contribution in [3.05, 3.63) is 23.8 Å². The van der Waals surface area contributed by atoms with Gasteiger partial charge in [0.05, 0.1) is 20.8 Å². The molecule has 1 aliphatic rings. The topological polar surface area (TPSA) is 48.0 Å². The second-order valence-corrected chi connectivity index (χ2v) is 4.79. The monoisotopic (exact) mass is 279 g/mol. The molecule has 5 heteroatoms. The van der Waals surface area contributed by atoms with E-state index < -0.39 is 0 Å². The molecule has 0 radical (unpaired) electrons. The van der Waals surface area contributed by atoms with Crippen LogP contribution in [0.3, 0.4) is 0 Å². The number of benzene rings is 1. The quantitative estimate of drug-likeness (QED) is 0.803. The number of nitrogens with zero attached hydrogens (tertiary/aromatic N) is 1. The first-order valence-electron chi connectivity index (χ1n) is 6.87. The fourth-order valence-electron chi connectivity index (χ4n) is 2.27. The maximum absolute atomic E-state index is 11.8. The summed E-state index contributed by atoms with van der Waals surface area (Å²) < 4.78 is 15.9. The van der Waals surface area contributed by atoms with E-state index in [9.17, 15) is 4.79 Å². The molecule has 1 amide bonds. The molecule has 1 fully saturated rings. The molecular weight excluding hydrogens is 258 g/mol. The third-order valence-corrected chi connectivity index (χ3v) is 3.45. The van der Waals surface area contributed by atoms with E-state index in [4.69, 9.17) is 14.2 Å². The van der Waals surface area contributed by atoms with Crippen LogP contribution in [0.5, 0.6) is 11.5 Å². The summed E-state index contributed by atoms with van der Waals surface area (Å²) in [5, 5.41) is 0. The van der Waals surface area contributed by atoms with E-state index in [2.05, 4.69) is 6.92 Å². The minimum absolute atomic E-state index is 0.237. The zero-order chi connectivity index (χ0) is 14.5. The minimum Gasteiger partial charge on any atom is -0.493 e. The van der Waals surface area contributed by atoms with Crippen LogP contribution in [0.15, 0.2) is 18.2 Å². The Morgan fingerprint density at radius 3 is 2.70 bits per heavy atom. The van der Waals surface area contributed by atoms with Gasteiger partial charge in [-0.25, -0.2) is 4.79 Å². The van der Waals surface area contributed by atoms with Gasteiger partial charge >= 0.3 is 6.09 Å². The van der Waals surface area contributed by atoms with Crippen molar-refractivity contribution in [2.24, 2.45) is 0 Å². The summed E-state index contributed by atoms with van der Waals surface area (Å²) in [6, 6.07) is 5.60. The number of cyclic esters (lactones) is 1. The molecule has 1 aliphatic heterocycles. The Kier molecular flexibility index (Phi) is 4.71. The Morgan fingerprint density at radius 1 is 1.30 bits per heavy atom. The number of unbranched alkanes of at least 4 members (excludes halogenated alkanes) is 1. The maximum atomic E-state index is 11.8. The second-order valence-electron chi connectivity index (χ2n) is 4.79. The van der Waals surface area contributed by atoms with Crippen LogP contribution in [-0.2, 0) is 4.74 Å². The number of methoxy groups -OCH3 is 2. The van der Waals surface area contributed by atoms with E-state index in [1.165, 1.54) is 0 Å². The van der Waals surface area contributed by atoms with E-state index >= 15 is 0 Å². The Bertz CT molecular complexity index is 475. The van der Waals surface area contributed by atoms with Gasteiger partial charge in [-0.3, -0.25) is 0 Å². The van der Waals surface area contributed by atoms with Crippen molar-refractivity contribution in [2.75, 3.05) is 27.3 Å². The normalized spacial score (nSPS) is 18.1. The number of hydrogen-bond donors (Lipinski definition) is 0. The van der Waals surface area contributed by atoms with Gasteiger partial charge in [0.15, 0.2) is 11.5 Å². The van der Waals surface area contributed by atoms with Crippen LogP contribution in [0.2, 0.25) is 0 Å². The molecule has 0 N–H and O–H groups in total. The van der Waals surface area contributed by atoms with E-state index in [0.717, 1.165) is 24.9 Å². The van der Waals surface area contributed by atoms with Gasteiger partial charge in [0.25, 0.3) is 0 Å². The molecule has 1 unspecified atom stereocenters. The molecule has 2 rings (SSSR count). The molecule has 0 aliphatic carbocycles. The molecule has 0 spiro atoms. The van der Waals surface area contributed by atoms with Gasteiger partial charge in [-0.2, -0.15) is 0 Å². The van der Waals surface area contributed by atoms with Crippen molar-refractivity contribution in [1.29, 1.82) is 0 Å². The molecule has 1 heterocycles. The van der Waals surface area contributed by atoms with E-state index in [1.54, 1.807) is 19.1 Å². The maximum Gasteiger partial charge on any atom is 0.410 e. The molecule has 0 saturated carbocycles. The molecule has 1 aromatic carbocycles. The largest absolute Gasteiger partial charge is 0.493 e. The first kappa shape index (κ1) is 14.5. The van der Waals surface area contributed by atoms with Gasteiger partial charge in [0, 0.05) is 6.54 Å². The summed E-state index contributed by atoms with van der Waals surface area (Å²) in [6.45, 7) is 3.45. The number of amides is 1. The van der Waals surface area contributed by atoms with Gasteiger partial charge in [0.1, 0.15) is 6.10 Å². The highest BCUT2D eigenvalue weighted by Gasteiger charge is 2.32. The van der Waals surface area contributed by atoms with Crippen molar-refractivity contribution in [2.45, 2.75) is 25.9 Å². The first-order chi connectivity index (χ1) is 9.69. The highest BCUT2D eigenvalue weighted by Crippen LogP contribution is 2.33. The second kappa shape index (κ2) is 6.50. The van der Waals surface area contributed by atoms with Crippen molar-refractivity contribution < 1.29 is 19.0 Å². The molecule has 5 nitrogen and oxygen atoms in total. The molecular formula is C15H21NO4. The van der Waals surface area contributed by atoms with Crippen molar-refractivity contribution in [1.82, 2.24) is 4.90 Å². The van der Waals surface area contributed by atoms with Crippen LogP contribution < -0.4 is 9.47 Å². The van der Waals surface area contributed by atoms with Crippen molar-refractivity contribution in [3.63, 3.8) is 0 Å². The van der Waals surface area contributed by atoms with Gasteiger partial charge in [-0.05, 0) is 24.1 Å². The van der Waals surface area contributed by atoms with Gasteiger partial charge < -0.3 is 19.1 Å². The minimum atomic E-state index is -0.238. The van der Waals surface area contributed by atoms with Crippen LogP contribution in [-0.4, -0.2) is 38.3 Å². The standard InChI is InChI=1S/C15H21NO4/c1-4-5-8-16-10-14(20-15(16)17)11-6-7-12(18-2)13(9-11)19-3/h6-7,9,14H,4-5,8,10H2,1-3H3. The average Bonchev–Trinajstić information content (AvgIpc) is 2.85. The van der Waals surface area contributed by atoms with Crippen molar-refractivity contribution >= 4 is 6.09 Å². The lowest BCUT2D eigenvalue weighted by Crippen LogP contribution is -2.25. The summed E-state index contributed by atoms with van der Waals surface area (Å²) in [6.07, 6.45) is 1.58. The summed E-state index contributed by atoms with van der Waals surface area (Å²) in [5.41, 5.74) is 0.926. The van der Waals surface area contributed by atoms with Gasteiger partial charge in [-0.1, -0.05) is 19.4 Å². The fraction of sp³-hybridized carbons (Fsp3) is 0.533. The van der Waals surface area contributed by atoms with E-state index in [1.807, 2.05) is 18.2 Å². The lowest BCUT2D eigenvalue weighted by Gasteiger charge is -2.13. The van der Waals surface area contributed by atoms with E-state index in [0.29, 0.717) is 18.0 Å². The lowest BCUT2D eigenvalue weighted by atomic mass is 10.1. The number of carbonyl (C=O) groups is 1. The third-order valence-electron chi connectivity index (χ3n) is 3.45. The summed E-state index contributed by atoms with van der Waals surface area (Å²) in [5.74, 6) is 1.32. The predicted molar refractivity (Wildman–Crippen MR) is 75.2 cm³/mol. The Hall–Kier alpha value is -1.91. The molecule has 0 bridgehead atoms. The third kappa shape index (κ3) is 2.98. The Morgan fingerprint density at radius 2 is 2.05 bits per heavy atom. The van der Waals surface area contributed by atoms with Crippen molar-refractivity contribution in [3.8, 4) is 11.5 Å². The number of rotatable bonds is 6. The number of carbonyl (C=O) groups excluding carboxylic acids is 1. The summed E-state index contributed by atoms with van der Waals surface area (Å²) in [4.78, 5) is 13.5. The summed E-state index contributed by atoms with van der Waals surface area (Å²) >= 11 is 0. The van der Waals surface area contributed by atoms with Gasteiger partial charge in [-0.15, -0.1) is 0 Å². The highest BCUT2D eigenvalue weighted by molar-refractivity contribution is 5.70. The zero-order valence-corrected chi connectivity index (χ0v) is 12.2. The SMILES string of the molecule is CCCCN1CC(c2ccc(OC)c(OC)c2)OC1=O. The molecule has 20 heavy (non-hydrogen) atoms. The van der Waals surface area contributed by atoms with Crippen LogP contribution >= 0.6 is 0 Å². The van der Waals surface area contributed by atoms with E-state index in [-0.39, 0.29) is 12.2 Å². The van der Waals surface area contributed by atoms with Crippen LogP contribution in [0.25, 0.3) is 0 Å². The molecule has 1 saturated heterocycles. The molecule has 0 aromatic heterocycles. The van der Waals surface area contributed by atoms with Gasteiger partial charge in [0.2, 0.25) is 0 Å².